The lowest BCUT2D eigenvalue weighted by Crippen LogP contribution is -2.24. The van der Waals surface area contributed by atoms with E-state index in [-0.39, 0.29) is 6.04 Å². The van der Waals surface area contributed by atoms with E-state index in [1.54, 1.807) is 7.11 Å². The van der Waals surface area contributed by atoms with Gasteiger partial charge in [-0.15, -0.1) is 6.58 Å². The fraction of sp³-hybridized carbons (Fsp3) is 0.714. The van der Waals surface area contributed by atoms with Crippen molar-refractivity contribution in [2.75, 3.05) is 13.7 Å². The third kappa shape index (κ3) is 5.53. The summed E-state index contributed by atoms with van der Waals surface area (Å²) in [7, 11) is 1.66. The highest BCUT2D eigenvalue weighted by Crippen LogP contribution is 1.93. The van der Waals surface area contributed by atoms with E-state index in [1.165, 1.54) is 0 Å². The fourth-order valence-corrected chi connectivity index (χ4v) is 0.629. The van der Waals surface area contributed by atoms with Crippen LogP contribution in [0.1, 0.15) is 12.8 Å². The maximum Gasteiger partial charge on any atom is 0.0613 e. The van der Waals surface area contributed by atoms with Gasteiger partial charge in [-0.05, 0) is 12.8 Å². The van der Waals surface area contributed by atoms with Gasteiger partial charge in [0.1, 0.15) is 0 Å². The predicted octanol–water partition coefficient (Wildman–Crippen LogP) is 0.926. The topological polar surface area (TPSA) is 35.2 Å². The Kier molecular flexibility index (Phi) is 5.57. The predicted molar refractivity (Wildman–Crippen MR) is 39.3 cm³/mol. The van der Waals surface area contributed by atoms with Crippen LogP contribution in [0.3, 0.4) is 0 Å². The zero-order valence-corrected chi connectivity index (χ0v) is 5.97. The van der Waals surface area contributed by atoms with E-state index in [0.29, 0.717) is 6.61 Å². The van der Waals surface area contributed by atoms with Crippen LogP contribution in [0.5, 0.6) is 0 Å². The normalized spacial score (nSPS) is 13.1. The molecule has 0 amide bonds. The van der Waals surface area contributed by atoms with Gasteiger partial charge in [-0.3, -0.25) is 0 Å². The molecule has 54 valence electrons. The second-order valence-corrected chi connectivity index (χ2v) is 2.08. The molecule has 0 aromatic carbocycles. The molecule has 0 aromatic rings. The molecule has 1 atom stereocenters. The molecule has 0 unspecified atom stereocenters. The van der Waals surface area contributed by atoms with E-state index in [9.17, 15) is 0 Å². The third-order valence-electron chi connectivity index (χ3n) is 1.12. The van der Waals surface area contributed by atoms with Crippen LogP contribution in [0.15, 0.2) is 12.7 Å². The van der Waals surface area contributed by atoms with Gasteiger partial charge < -0.3 is 10.5 Å². The van der Waals surface area contributed by atoms with Crippen LogP contribution in [0.4, 0.5) is 0 Å². The summed E-state index contributed by atoms with van der Waals surface area (Å²) in [5, 5.41) is 0. The van der Waals surface area contributed by atoms with Gasteiger partial charge in [-0.2, -0.15) is 0 Å². The minimum atomic E-state index is 0.174. The van der Waals surface area contributed by atoms with E-state index in [1.807, 2.05) is 6.08 Å². The molecule has 0 rings (SSSR count). The molecule has 0 bridgehead atoms. The number of hydrogen-bond acceptors (Lipinski definition) is 2. The van der Waals surface area contributed by atoms with Crippen LogP contribution in [-0.2, 0) is 4.74 Å². The van der Waals surface area contributed by atoms with Crippen LogP contribution in [-0.4, -0.2) is 19.8 Å². The fourth-order valence-electron chi connectivity index (χ4n) is 0.629. The van der Waals surface area contributed by atoms with Crippen molar-refractivity contribution in [2.24, 2.45) is 5.73 Å². The SMILES string of the molecule is C=CCC[C@H](N)COC. The first-order valence-corrected chi connectivity index (χ1v) is 3.16. The highest BCUT2D eigenvalue weighted by atomic mass is 16.5. The Morgan fingerprint density at radius 1 is 1.78 bits per heavy atom. The van der Waals surface area contributed by atoms with Gasteiger partial charge in [-0.25, -0.2) is 0 Å². The first-order valence-electron chi connectivity index (χ1n) is 3.16. The monoisotopic (exact) mass is 129 g/mol. The van der Waals surface area contributed by atoms with Crippen molar-refractivity contribution < 1.29 is 4.74 Å². The number of allylic oxidation sites excluding steroid dienone is 1. The number of nitrogens with two attached hydrogens (primary N) is 1. The summed E-state index contributed by atoms with van der Waals surface area (Å²) in [5.74, 6) is 0. The molecule has 0 aliphatic rings. The minimum absolute atomic E-state index is 0.174. The summed E-state index contributed by atoms with van der Waals surface area (Å²) in [4.78, 5) is 0. The standard InChI is InChI=1S/C7H15NO/c1-3-4-5-7(8)6-9-2/h3,7H,1,4-6,8H2,2H3/t7-/m0/s1. The maximum atomic E-state index is 5.60. The second-order valence-electron chi connectivity index (χ2n) is 2.08. The lowest BCUT2D eigenvalue weighted by atomic mass is 10.2. The Morgan fingerprint density at radius 2 is 2.44 bits per heavy atom. The van der Waals surface area contributed by atoms with Crippen molar-refractivity contribution in [3.05, 3.63) is 12.7 Å². The summed E-state index contributed by atoms with van der Waals surface area (Å²) < 4.78 is 4.84. The molecule has 0 spiro atoms. The van der Waals surface area contributed by atoms with Crippen LogP contribution in [0, 0.1) is 0 Å². The smallest absolute Gasteiger partial charge is 0.0613 e. The zero-order valence-electron chi connectivity index (χ0n) is 5.97. The summed E-state index contributed by atoms with van der Waals surface area (Å²) in [5.41, 5.74) is 5.60. The first-order chi connectivity index (χ1) is 4.31. The van der Waals surface area contributed by atoms with Gasteiger partial charge >= 0.3 is 0 Å². The van der Waals surface area contributed by atoms with E-state index in [4.69, 9.17) is 10.5 Å². The van der Waals surface area contributed by atoms with Crippen molar-refractivity contribution >= 4 is 0 Å². The summed E-state index contributed by atoms with van der Waals surface area (Å²) >= 11 is 0. The largest absolute Gasteiger partial charge is 0.383 e. The van der Waals surface area contributed by atoms with Crippen LogP contribution in [0.25, 0.3) is 0 Å². The Morgan fingerprint density at radius 3 is 2.89 bits per heavy atom. The van der Waals surface area contributed by atoms with E-state index in [2.05, 4.69) is 6.58 Å². The Hall–Kier alpha value is -0.340. The quantitative estimate of drug-likeness (QED) is 0.560. The van der Waals surface area contributed by atoms with Crippen molar-refractivity contribution in [3.8, 4) is 0 Å². The van der Waals surface area contributed by atoms with E-state index in [0.717, 1.165) is 12.8 Å². The minimum Gasteiger partial charge on any atom is -0.383 e. The van der Waals surface area contributed by atoms with E-state index < -0.39 is 0 Å². The molecule has 0 aromatic heterocycles. The molecule has 2 heteroatoms. The highest BCUT2D eigenvalue weighted by molar-refractivity contribution is 4.70. The number of hydrogen-bond donors (Lipinski definition) is 1. The van der Waals surface area contributed by atoms with Gasteiger partial charge in [0.2, 0.25) is 0 Å². The second kappa shape index (κ2) is 5.79. The Balaban J connectivity index is 3.04. The number of ether oxygens (including phenoxy) is 1. The molecule has 0 radical (unpaired) electrons. The first kappa shape index (κ1) is 8.66. The van der Waals surface area contributed by atoms with Gasteiger partial charge in [-0.1, -0.05) is 6.08 Å². The van der Waals surface area contributed by atoms with Crippen molar-refractivity contribution in [1.82, 2.24) is 0 Å². The molecule has 0 saturated heterocycles. The molecule has 0 fully saturated rings. The van der Waals surface area contributed by atoms with Crippen LogP contribution in [0.2, 0.25) is 0 Å². The van der Waals surface area contributed by atoms with Crippen LogP contribution < -0.4 is 5.73 Å². The lowest BCUT2D eigenvalue weighted by molar-refractivity contribution is 0.177. The molecule has 2 N–H and O–H groups in total. The average molecular weight is 129 g/mol. The van der Waals surface area contributed by atoms with Gasteiger partial charge in [0.15, 0.2) is 0 Å². The number of rotatable bonds is 5. The molecule has 9 heavy (non-hydrogen) atoms. The molecule has 0 aliphatic carbocycles. The molecular formula is C7H15NO. The number of methoxy groups -OCH3 is 1. The van der Waals surface area contributed by atoms with Crippen LogP contribution >= 0.6 is 0 Å². The van der Waals surface area contributed by atoms with Crippen molar-refractivity contribution in [2.45, 2.75) is 18.9 Å². The average Bonchev–Trinajstić information content (AvgIpc) is 1.85. The van der Waals surface area contributed by atoms with Gasteiger partial charge in [0.25, 0.3) is 0 Å². The summed E-state index contributed by atoms with van der Waals surface area (Å²) in [6, 6.07) is 0.174. The molecule has 0 heterocycles. The van der Waals surface area contributed by atoms with Gasteiger partial charge in [0.05, 0.1) is 6.61 Å². The van der Waals surface area contributed by atoms with Crippen molar-refractivity contribution in [3.63, 3.8) is 0 Å². The molecule has 0 aliphatic heterocycles. The zero-order chi connectivity index (χ0) is 7.11. The Labute approximate surface area is 56.7 Å². The highest BCUT2D eigenvalue weighted by Gasteiger charge is 1.97. The molecular weight excluding hydrogens is 114 g/mol. The lowest BCUT2D eigenvalue weighted by Gasteiger charge is -2.06. The molecule has 0 saturated carbocycles. The third-order valence-corrected chi connectivity index (χ3v) is 1.12. The van der Waals surface area contributed by atoms with Crippen molar-refractivity contribution in [1.29, 1.82) is 0 Å². The summed E-state index contributed by atoms with van der Waals surface area (Å²) in [6.07, 6.45) is 3.82. The Bertz CT molecular complexity index is 73.3. The summed E-state index contributed by atoms with van der Waals surface area (Å²) in [6.45, 7) is 4.24. The maximum absolute atomic E-state index is 5.60. The molecule has 2 nitrogen and oxygen atoms in total. The van der Waals surface area contributed by atoms with Gasteiger partial charge in [0, 0.05) is 13.2 Å². The van der Waals surface area contributed by atoms with E-state index >= 15 is 0 Å².